The van der Waals surface area contributed by atoms with Gasteiger partial charge in [0.1, 0.15) is 17.5 Å². The van der Waals surface area contributed by atoms with Crippen molar-refractivity contribution in [3.8, 4) is 0 Å². The molecule has 5 rings (SSSR count). The van der Waals surface area contributed by atoms with Crippen LogP contribution < -0.4 is 0 Å². The van der Waals surface area contributed by atoms with Gasteiger partial charge in [-0.15, -0.1) is 0 Å². The Morgan fingerprint density at radius 2 is 1.05 bits per heavy atom. The van der Waals surface area contributed by atoms with Crippen molar-refractivity contribution in [2.24, 2.45) is 17.8 Å². The van der Waals surface area contributed by atoms with Crippen LogP contribution in [0.4, 0.5) is 30.7 Å². The van der Waals surface area contributed by atoms with Crippen molar-refractivity contribution >= 4 is 21.0 Å². The van der Waals surface area contributed by atoms with Crippen molar-refractivity contribution in [3.63, 3.8) is 0 Å². The van der Waals surface area contributed by atoms with Gasteiger partial charge in [-0.25, -0.2) is 21.6 Å². The lowest BCUT2D eigenvalue weighted by molar-refractivity contribution is -0.215. The third-order valence-electron chi connectivity index (χ3n) is 7.24. The molecule has 5 nitrogen and oxygen atoms in total. The van der Waals surface area contributed by atoms with Crippen LogP contribution >= 0.6 is 0 Å². The van der Waals surface area contributed by atoms with E-state index in [1.165, 1.54) is 36.4 Å². The van der Waals surface area contributed by atoms with E-state index >= 15 is 0 Å². The molecule has 0 amide bonds. The van der Waals surface area contributed by atoms with Gasteiger partial charge in [0.05, 0.1) is 23.1 Å². The van der Waals surface area contributed by atoms with Crippen LogP contribution in [0.1, 0.15) is 12.8 Å². The standard InChI is InChI=1S/C18H12F3S.C9H12F4O5S/c19-13-1-7-16(8-2-13)22(17-9-3-14(20)4-10-17)18-11-5-15(21)6-12-18;10-8(11,9(12,13)19(16,17)18)5-2-3-1-4(5)7(15)6(3)14/h1-12H;3-7,14-15H,1-2H2,(H,16,17,18)/q+1;/p-1. The van der Waals surface area contributed by atoms with E-state index in [4.69, 9.17) is 0 Å². The molecule has 3 aromatic rings. The number of hydrogen-bond acceptors (Lipinski definition) is 5. The lowest BCUT2D eigenvalue weighted by atomic mass is 9.81. The van der Waals surface area contributed by atoms with Crippen LogP contribution in [0.3, 0.4) is 0 Å². The summed E-state index contributed by atoms with van der Waals surface area (Å²) >= 11 is 0. The molecular weight excluding hydrogens is 601 g/mol. The van der Waals surface area contributed by atoms with Crippen molar-refractivity contribution in [2.75, 3.05) is 0 Å². The number of benzene rings is 3. The van der Waals surface area contributed by atoms with E-state index in [9.17, 15) is 53.9 Å². The minimum Gasteiger partial charge on any atom is -0.743 e. The maximum atomic E-state index is 13.6. The molecule has 0 aromatic heterocycles. The number of hydrogen-bond donors (Lipinski definition) is 2. The Balaban J connectivity index is 0.000000191. The number of aliphatic hydroxyl groups excluding tert-OH is 2. The lowest BCUT2D eigenvalue weighted by Gasteiger charge is -2.38. The highest BCUT2D eigenvalue weighted by molar-refractivity contribution is 7.97. The second-order valence-corrected chi connectivity index (χ2v) is 13.2. The fraction of sp³-hybridized carbons (Fsp3) is 0.333. The number of aliphatic hydroxyl groups is 2. The summed E-state index contributed by atoms with van der Waals surface area (Å²) in [5.74, 6) is -10.3. The summed E-state index contributed by atoms with van der Waals surface area (Å²) in [6.45, 7) is 0. The lowest BCUT2D eigenvalue weighted by Crippen LogP contribution is -2.55. The van der Waals surface area contributed by atoms with E-state index in [1.807, 2.05) is 0 Å². The van der Waals surface area contributed by atoms with E-state index in [1.54, 1.807) is 36.4 Å². The van der Waals surface area contributed by atoms with Crippen LogP contribution in [-0.4, -0.2) is 46.6 Å². The zero-order valence-corrected chi connectivity index (χ0v) is 22.4. The molecule has 5 unspecified atom stereocenters. The van der Waals surface area contributed by atoms with E-state index in [-0.39, 0.29) is 23.9 Å². The van der Waals surface area contributed by atoms with Crippen LogP contribution in [0.5, 0.6) is 0 Å². The summed E-state index contributed by atoms with van der Waals surface area (Å²) in [7, 11) is -7.06. The summed E-state index contributed by atoms with van der Waals surface area (Å²) in [6, 6.07) is 18.5. The van der Waals surface area contributed by atoms with Gasteiger partial charge < -0.3 is 14.8 Å². The molecule has 2 aliphatic rings. The first kappa shape index (κ1) is 31.3. The molecule has 2 aliphatic carbocycles. The molecule has 3 aromatic carbocycles. The quantitative estimate of drug-likeness (QED) is 0.219. The first-order valence-corrected chi connectivity index (χ1v) is 14.8. The molecule has 0 saturated heterocycles. The van der Waals surface area contributed by atoms with Crippen LogP contribution in [0, 0.1) is 35.2 Å². The average Bonchev–Trinajstić information content (AvgIpc) is 3.47. The molecule has 0 heterocycles. The van der Waals surface area contributed by atoms with Gasteiger partial charge in [0.25, 0.3) is 0 Å². The minimum atomic E-state index is -6.52. The highest BCUT2D eigenvalue weighted by atomic mass is 32.2. The van der Waals surface area contributed by atoms with Crippen molar-refractivity contribution in [1.29, 1.82) is 0 Å². The van der Waals surface area contributed by atoms with Crippen LogP contribution in [-0.2, 0) is 21.0 Å². The predicted molar refractivity (Wildman–Crippen MR) is 133 cm³/mol. The van der Waals surface area contributed by atoms with E-state index in [2.05, 4.69) is 0 Å². The Bertz CT molecular complexity index is 1340. The molecule has 2 saturated carbocycles. The third kappa shape index (κ3) is 6.12. The van der Waals surface area contributed by atoms with Crippen LogP contribution in [0.15, 0.2) is 87.5 Å². The number of halogens is 7. The van der Waals surface area contributed by atoms with Gasteiger partial charge in [-0.05, 0) is 97.5 Å². The summed E-state index contributed by atoms with van der Waals surface area (Å²) in [5, 5.41) is 13.1. The highest BCUT2D eigenvalue weighted by Crippen LogP contribution is 2.58. The van der Waals surface area contributed by atoms with Gasteiger partial charge in [-0.2, -0.15) is 17.6 Å². The van der Waals surface area contributed by atoms with E-state index < -0.39 is 68.6 Å². The second kappa shape index (κ2) is 11.6. The molecule has 5 atom stereocenters. The summed E-state index contributed by atoms with van der Waals surface area (Å²) in [5.41, 5.74) is 0. The van der Waals surface area contributed by atoms with Crippen molar-refractivity contribution < 1.29 is 53.9 Å². The Kier molecular flexibility index (Phi) is 8.82. The van der Waals surface area contributed by atoms with Gasteiger partial charge in [-0.3, -0.25) is 0 Å². The molecular formula is C27H23F7O5S2. The average molecular weight is 625 g/mol. The van der Waals surface area contributed by atoms with Gasteiger partial charge >= 0.3 is 11.2 Å². The second-order valence-electron chi connectivity index (χ2n) is 9.74. The molecule has 0 aliphatic heterocycles. The molecule has 2 bridgehead atoms. The maximum Gasteiger partial charge on any atom is 0.396 e. The number of rotatable bonds is 6. The maximum absolute atomic E-state index is 13.6. The number of fused-ring (bicyclic) bond motifs is 2. The smallest absolute Gasteiger partial charge is 0.396 e. The largest absolute Gasteiger partial charge is 0.743 e. The zero-order valence-electron chi connectivity index (χ0n) is 20.8. The molecule has 222 valence electrons. The van der Waals surface area contributed by atoms with Crippen LogP contribution in [0.25, 0.3) is 0 Å². The molecule has 0 spiro atoms. The van der Waals surface area contributed by atoms with Gasteiger partial charge in [0.15, 0.2) is 24.8 Å². The van der Waals surface area contributed by atoms with Crippen molar-refractivity contribution in [2.45, 2.75) is 50.9 Å². The Morgan fingerprint density at radius 1 is 0.683 bits per heavy atom. The Labute approximate surface area is 233 Å². The molecule has 0 radical (unpaired) electrons. The highest BCUT2D eigenvalue weighted by Gasteiger charge is 2.71. The van der Waals surface area contributed by atoms with Gasteiger partial charge in [0, 0.05) is 5.92 Å². The zero-order chi connectivity index (χ0) is 30.3. The minimum absolute atomic E-state index is 0.0996. The fourth-order valence-corrected chi connectivity index (χ4v) is 7.75. The normalized spacial score (nSPS) is 24.3. The molecule has 2 N–H and O–H groups in total. The number of alkyl halides is 4. The third-order valence-corrected chi connectivity index (χ3v) is 10.4. The summed E-state index contributed by atoms with van der Waals surface area (Å²) in [6.07, 6.45) is -3.55. The molecule has 41 heavy (non-hydrogen) atoms. The topological polar surface area (TPSA) is 97.7 Å². The Hall–Kier alpha value is -2.65. The monoisotopic (exact) mass is 624 g/mol. The van der Waals surface area contributed by atoms with Crippen molar-refractivity contribution in [3.05, 3.63) is 90.2 Å². The first-order valence-electron chi connectivity index (χ1n) is 12.1. The predicted octanol–water partition coefficient (Wildman–Crippen LogP) is 5.34. The van der Waals surface area contributed by atoms with Gasteiger partial charge in [0.2, 0.25) is 0 Å². The van der Waals surface area contributed by atoms with Crippen LogP contribution in [0.2, 0.25) is 0 Å². The Morgan fingerprint density at radius 3 is 1.34 bits per heavy atom. The summed E-state index contributed by atoms with van der Waals surface area (Å²) in [4.78, 5) is 2.67. The first-order chi connectivity index (χ1) is 19.0. The molecule has 2 fully saturated rings. The fourth-order valence-electron chi connectivity index (χ4n) is 5.22. The van der Waals surface area contributed by atoms with Gasteiger partial charge in [-0.1, -0.05) is 0 Å². The summed E-state index contributed by atoms with van der Waals surface area (Å²) < 4.78 is 124. The van der Waals surface area contributed by atoms with Crippen molar-refractivity contribution in [1.82, 2.24) is 0 Å². The SMILES string of the molecule is Fc1ccc([S+](c2ccc(F)cc2)c2ccc(F)cc2)cc1.O=S(=O)([O-])C(F)(F)C(F)(F)C1CC2CC1C(O)C2O. The van der Waals surface area contributed by atoms with E-state index in [0.717, 1.165) is 14.7 Å². The van der Waals surface area contributed by atoms with E-state index in [0.29, 0.717) is 0 Å². The molecule has 14 heteroatoms.